The second-order valence-corrected chi connectivity index (χ2v) is 23.8. The van der Waals surface area contributed by atoms with Gasteiger partial charge in [0.05, 0.1) is 46.7 Å². The lowest BCUT2D eigenvalue weighted by Gasteiger charge is -2.37. The number of unbranched alkanes of at least 4 members (excludes halogenated alkanes) is 4. The van der Waals surface area contributed by atoms with Crippen molar-refractivity contribution in [3.63, 3.8) is 0 Å². The van der Waals surface area contributed by atoms with Gasteiger partial charge in [-0.1, -0.05) is 82.1 Å². The lowest BCUT2D eigenvalue weighted by atomic mass is 9.85. The van der Waals surface area contributed by atoms with Crippen LogP contribution in [0.2, 0.25) is 0 Å². The first-order chi connectivity index (χ1) is 36.4. The van der Waals surface area contributed by atoms with E-state index in [1.54, 1.807) is 29.7 Å². The third kappa shape index (κ3) is 15.1. The van der Waals surface area contributed by atoms with Gasteiger partial charge in [-0.2, -0.15) is 0 Å². The molecule has 0 aliphatic carbocycles. The van der Waals surface area contributed by atoms with Crippen LogP contribution in [0.15, 0.2) is 88.5 Å². The molecule has 3 aliphatic rings. The maximum Gasteiger partial charge on any atom is 0.272 e. The zero-order valence-corrected chi connectivity index (χ0v) is 46.3. The number of nitrogens with two attached hydrogens (primary N) is 1. The number of aryl methyl sites for hydroxylation is 1. The first-order valence-corrected chi connectivity index (χ1v) is 28.3. The molecule has 5 aromatic rings. The molecule has 5 atom stereocenters. The number of hydrogen-bond acceptors (Lipinski definition) is 16. The number of benzene rings is 2. The van der Waals surface area contributed by atoms with Crippen LogP contribution < -0.4 is 31.5 Å². The fraction of sp³-hybridized carbons (Fsp3) is 0.518. The first kappa shape index (κ1) is 56.2. The maximum absolute atomic E-state index is 14.3. The average molecular weight is 1080 g/mol. The summed E-state index contributed by atoms with van der Waals surface area (Å²) in [5.41, 5.74) is 11.0. The largest absolute Gasteiger partial charge is 0.391 e. The standard InChI is InChI=1S/C56H74N12O6S2/c1-36(38-16-18-39(19-17-38)50-37(2)60-35-75-50)61-53(72)45-30-41(69)33-68(45)54(73)51(55(3,4)5)63-52(71)44-20-21-46(65-64-44)67-25-22-42(34-67)74-28-11-9-7-8-10-15-48(70)62-40-13-12-14-43(29-40)76-49-32-58-47(31-59-49)66-26-23-56(6,57)24-27-66/h12-14,16-21,29,31-32,35-36,41-42,45,51,69H,7-11,15,22-28,30,33-34,57H2,1-6H3,(H,61,72)(H,62,70)(H,63,71)/t36-,41+,42-,45-,51+/m0/s1. The predicted octanol–water partition coefficient (Wildman–Crippen LogP) is 7.73. The summed E-state index contributed by atoms with van der Waals surface area (Å²) in [6.45, 7) is 15.2. The molecule has 406 valence electrons. The van der Waals surface area contributed by atoms with E-state index < -0.39 is 35.4 Å². The van der Waals surface area contributed by atoms with E-state index in [1.165, 1.54) is 16.7 Å². The molecule has 76 heavy (non-hydrogen) atoms. The highest BCUT2D eigenvalue weighted by Crippen LogP contribution is 2.32. The Morgan fingerprint density at radius 1 is 0.895 bits per heavy atom. The minimum Gasteiger partial charge on any atom is -0.391 e. The summed E-state index contributed by atoms with van der Waals surface area (Å²) in [7, 11) is 0. The van der Waals surface area contributed by atoms with Gasteiger partial charge in [-0.25, -0.2) is 15.0 Å². The van der Waals surface area contributed by atoms with E-state index in [4.69, 9.17) is 10.5 Å². The van der Waals surface area contributed by atoms with Gasteiger partial charge in [-0.05, 0) is 99.7 Å². The molecule has 8 rings (SSSR count). The smallest absolute Gasteiger partial charge is 0.272 e. The van der Waals surface area contributed by atoms with Crippen molar-refractivity contribution in [1.82, 2.24) is 40.7 Å². The van der Waals surface area contributed by atoms with E-state index in [9.17, 15) is 24.3 Å². The number of aliphatic hydroxyl groups excluding tert-OH is 1. The Morgan fingerprint density at radius 2 is 1.66 bits per heavy atom. The topological polar surface area (TPSA) is 234 Å². The van der Waals surface area contributed by atoms with Crippen molar-refractivity contribution < 1.29 is 29.0 Å². The molecule has 0 bridgehead atoms. The fourth-order valence-electron chi connectivity index (χ4n) is 9.83. The number of hydrogen-bond donors (Lipinski definition) is 5. The zero-order chi connectivity index (χ0) is 54.0. The van der Waals surface area contributed by atoms with Gasteiger partial charge < -0.3 is 46.2 Å². The molecule has 0 spiro atoms. The number of nitrogens with zero attached hydrogens (tertiary/aromatic N) is 8. The molecule has 2 aromatic carbocycles. The van der Waals surface area contributed by atoms with Crippen LogP contribution in [0.25, 0.3) is 10.4 Å². The molecule has 4 amide bonds. The summed E-state index contributed by atoms with van der Waals surface area (Å²) in [6, 6.07) is 16.8. The van der Waals surface area contributed by atoms with Crippen LogP contribution in [-0.4, -0.2) is 128 Å². The van der Waals surface area contributed by atoms with Crippen molar-refractivity contribution in [3.05, 3.63) is 95.5 Å². The number of likely N-dealkylation sites (tertiary alicyclic amines) is 1. The van der Waals surface area contributed by atoms with Gasteiger partial charge in [0.15, 0.2) is 11.5 Å². The quantitative estimate of drug-likeness (QED) is 0.0443. The normalized spacial score (nSPS) is 19.3. The molecule has 3 aromatic heterocycles. The number of carbonyl (C=O) groups is 4. The summed E-state index contributed by atoms with van der Waals surface area (Å²) < 4.78 is 6.23. The zero-order valence-electron chi connectivity index (χ0n) is 44.7. The lowest BCUT2D eigenvalue weighted by molar-refractivity contribution is -0.142. The van der Waals surface area contributed by atoms with Crippen molar-refractivity contribution in [1.29, 1.82) is 0 Å². The number of thiazole rings is 1. The lowest BCUT2D eigenvalue weighted by Crippen LogP contribution is -2.58. The third-order valence-electron chi connectivity index (χ3n) is 14.5. The Morgan fingerprint density at radius 3 is 2.36 bits per heavy atom. The molecule has 3 aliphatic heterocycles. The number of amides is 4. The molecule has 0 saturated carbocycles. The van der Waals surface area contributed by atoms with Crippen LogP contribution >= 0.6 is 23.1 Å². The van der Waals surface area contributed by atoms with E-state index in [0.717, 1.165) is 114 Å². The van der Waals surface area contributed by atoms with Crippen LogP contribution in [-0.2, 0) is 19.1 Å². The SMILES string of the molecule is Cc1ncsc1-c1ccc([C@H](C)NC(=O)[C@@H]2C[C@@H](O)CN2C(=O)[C@@H](NC(=O)c2ccc(N3CC[C@H](OCCCCCCCC(=O)Nc4cccc(Sc5cnc(N6CCC(C)(N)CC6)cn5)c4)C3)nn2)C(C)(C)C)cc1. The number of β-amino-alcohol motifs (C(OH)–C–C–N with tert-alkyl or cyclic N) is 1. The highest BCUT2D eigenvalue weighted by Gasteiger charge is 2.45. The van der Waals surface area contributed by atoms with Crippen molar-refractivity contribution in [3.8, 4) is 10.4 Å². The summed E-state index contributed by atoms with van der Waals surface area (Å²) in [6.07, 6.45) is 10.8. The Hall–Kier alpha value is -6.06. The van der Waals surface area contributed by atoms with Crippen molar-refractivity contribution >= 4 is 64.1 Å². The van der Waals surface area contributed by atoms with Crippen molar-refractivity contribution in [2.24, 2.45) is 11.1 Å². The highest BCUT2D eigenvalue weighted by atomic mass is 32.2. The summed E-state index contributed by atoms with van der Waals surface area (Å²) in [5, 5.41) is 29.1. The number of rotatable bonds is 21. The summed E-state index contributed by atoms with van der Waals surface area (Å²) in [5.74, 6) is 0.102. The minimum absolute atomic E-state index is 0.00330. The number of carbonyl (C=O) groups excluding carboxylic acids is 4. The Bertz CT molecular complexity index is 2740. The molecule has 3 saturated heterocycles. The van der Waals surface area contributed by atoms with Crippen LogP contribution in [0.5, 0.6) is 0 Å². The monoisotopic (exact) mass is 1070 g/mol. The van der Waals surface area contributed by atoms with Crippen molar-refractivity contribution in [2.75, 3.05) is 54.4 Å². The van der Waals surface area contributed by atoms with Crippen molar-refractivity contribution in [2.45, 2.75) is 152 Å². The van der Waals surface area contributed by atoms with Gasteiger partial charge in [0, 0.05) is 68.3 Å². The molecule has 3 fully saturated rings. The maximum atomic E-state index is 14.3. The van der Waals surface area contributed by atoms with E-state index in [-0.39, 0.29) is 48.2 Å². The first-order valence-electron chi connectivity index (χ1n) is 26.6. The predicted molar refractivity (Wildman–Crippen MR) is 297 cm³/mol. The van der Waals surface area contributed by atoms with Gasteiger partial charge >= 0.3 is 0 Å². The van der Waals surface area contributed by atoms with Crippen LogP contribution in [0.3, 0.4) is 0 Å². The molecule has 18 nitrogen and oxygen atoms in total. The molecular formula is C56H74N12O6S2. The number of aliphatic hydroxyl groups is 1. The number of piperidine rings is 1. The Balaban J connectivity index is 0.712. The third-order valence-corrected chi connectivity index (χ3v) is 16.4. The second kappa shape index (κ2) is 25.4. The van der Waals surface area contributed by atoms with Gasteiger partial charge in [0.2, 0.25) is 17.7 Å². The molecule has 6 N–H and O–H groups in total. The molecule has 6 heterocycles. The van der Waals surface area contributed by atoms with Gasteiger partial charge in [-0.3, -0.25) is 19.2 Å². The number of aromatic nitrogens is 5. The minimum atomic E-state index is -1.02. The van der Waals surface area contributed by atoms with Crippen LogP contribution in [0, 0.1) is 12.3 Å². The highest BCUT2D eigenvalue weighted by molar-refractivity contribution is 7.99. The van der Waals surface area contributed by atoms with Gasteiger partial charge in [-0.15, -0.1) is 21.5 Å². The van der Waals surface area contributed by atoms with E-state index in [0.29, 0.717) is 25.4 Å². The molecule has 0 unspecified atom stereocenters. The van der Waals surface area contributed by atoms with Crippen LogP contribution in [0.1, 0.15) is 127 Å². The van der Waals surface area contributed by atoms with Gasteiger partial charge in [0.1, 0.15) is 22.9 Å². The summed E-state index contributed by atoms with van der Waals surface area (Å²) >= 11 is 3.09. The fourth-order valence-corrected chi connectivity index (χ4v) is 11.4. The van der Waals surface area contributed by atoms with E-state index in [2.05, 4.69) is 57.8 Å². The Kier molecular flexibility index (Phi) is 18.8. The van der Waals surface area contributed by atoms with E-state index >= 15 is 0 Å². The van der Waals surface area contributed by atoms with Gasteiger partial charge in [0.25, 0.3) is 5.91 Å². The molecule has 0 radical (unpaired) electrons. The van der Waals surface area contributed by atoms with E-state index in [1.807, 2.05) is 94.9 Å². The number of nitrogens with one attached hydrogen (secondary N) is 3. The summed E-state index contributed by atoms with van der Waals surface area (Å²) in [4.78, 5) is 75.9. The number of anilines is 3. The molecular weight excluding hydrogens is 1000 g/mol. The number of ether oxygens (including phenoxy) is 1. The van der Waals surface area contributed by atoms with Crippen LogP contribution in [0.4, 0.5) is 17.3 Å². The average Bonchev–Trinajstić information content (AvgIpc) is 4.17. The second-order valence-electron chi connectivity index (χ2n) is 21.8. The Labute approximate surface area is 454 Å². The molecule has 20 heteroatoms.